The van der Waals surface area contributed by atoms with Gasteiger partial charge in [-0.05, 0) is 42.5 Å². The molecule has 2 rings (SSSR count). The average molecular weight is 394 g/mol. The first-order chi connectivity index (χ1) is 11.3. The van der Waals surface area contributed by atoms with Crippen LogP contribution >= 0.6 is 35.0 Å². The molecule has 0 saturated heterocycles. The Hall–Kier alpha value is -1.37. The molecule has 0 unspecified atom stereocenters. The summed E-state index contributed by atoms with van der Waals surface area (Å²) in [5.74, 6) is 0.0713. The lowest BCUT2D eigenvalue weighted by atomic mass is 10.2. The maximum absolute atomic E-state index is 12.7. The van der Waals surface area contributed by atoms with Crippen molar-refractivity contribution in [3.63, 3.8) is 0 Å². The number of alkyl halides is 3. The zero-order valence-electron chi connectivity index (χ0n) is 12.2. The molecule has 0 spiro atoms. The first kappa shape index (κ1) is 19.0. The number of rotatable bonds is 5. The van der Waals surface area contributed by atoms with E-state index >= 15 is 0 Å². The van der Waals surface area contributed by atoms with Crippen LogP contribution in [0.2, 0.25) is 10.0 Å². The summed E-state index contributed by atoms with van der Waals surface area (Å²) >= 11 is 13.1. The van der Waals surface area contributed by atoms with Crippen molar-refractivity contribution in [1.29, 1.82) is 0 Å². The Kier molecular flexibility index (Phi) is 6.43. The molecule has 8 heteroatoms. The Morgan fingerprint density at radius 2 is 1.75 bits per heavy atom. The summed E-state index contributed by atoms with van der Waals surface area (Å²) in [6, 6.07) is 9.95. The van der Waals surface area contributed by atoms with Gasteiger partial charge in [0.05, 0.1) is 16.3 Å². The number of carbonyl (C=O) groups excluding carboxylic acids is 1. The minimum Gasteiger partial charge on any atom is -0.325 e. The van der Waals surface area contributed by atoms with E-state index in [2.05, 4.69) is 5.32 Å². The van der Waals surface area contributed by atoms with E-state index in [1.165, 1.54) is 11.8 Å². The van der Waals surface area contributed by atoms with E-state index in [1.807, 2.05) is 12.1 Å². The molecule has 0 aliphatic heterocycles. The highest BCUT2D eigenvalue weighted by Crippen LogP contribution is 2.34. The van der Waals surface area contributed by atoms with Crippen LogP contribution in [0.5, 0.6) is 0 Å². The minimum atomic E-state index is -4.49. The molecule has 2 nitrogen and oxygen atoms in total. The quantitative estimate of drug-likeness (QED) is 0.618. The zero-order chi connectivity index (χ0) is 17.7. The summed E-state index contributed by atoms with van der Waals surface area (Å²) in [5, 5.41) is 3.09. The molecule has 0 saturated carbocycles. The summed E-state index contributed by atoms with van der Waals surface area (Å²) in [6.45, 7) is 0. The van der Waals surface area contributed by atoms with Crippen LogP contribution in [0, 0.1) is 0 Å². The van der Waals surface area contributed by atoms with E-state index in [4.69, 9.17) is 23.2 Å². The molecule has 1 N–H and O–H groups in total. The van der Waals surface area contributed by atoms with Crippen LogP contribution < -0.4 is 5.32 Å². The topological polar surface area (TPSA) is 29.1 Å². The van der Waals surface area contributed by atoms with Gasteiger partial charge in [-0.3, -0.25) is 4.79 Å². The molecule has 0 atom stereocenters. The van der Waals surface area contributed by atoms with Gasteiger partial charge in [-0.15, -0.1) is 11.8 Å². The standard InChI is InChI=1S/C16H12Cl2F3NOS/c17-11-2-4-12(5-3-11)24-8-7-15(23)22-14-9-10(16(19,20)21)1-6-13(14)18/h1-6,9H,7-8H2,(H,22,23). The van der Waals surface area contributed by atoms with Gasteiger partial charge in [0, 0.05) is 22.1 Å². The lowest BCUT2D eigenvalue weighted by molar-refractivity contribution is -0.137. The predicted molar refractivity (Wildman–Crippen MR) is 91.9 cm³/mol. The van der Waals surface area contributed by atoms with Crippen LogP contribution in [0.1, 0.15) is 12.0 Å². The molecule has 24 heavy (non-hydrogen) atoms. The number of halogens is 5. The summed E-state index contributed by atoms with van der Waals surface area (Å²) in [7, 11) is 0. The fraction of sp³-hybridized carbons (Fsp3) is 0.188. The van der Waals surface area contributed by atoms with Crippen LogP contribution in [0.15, 0.2) is 47.4 Å². The molecule has 0 aliphatic carbocycles. The van der Waals surface area contributed by atoms with E-state index in [1.54, 1.807) is 12.1 Å². The second kappa shape index (κ2) is 8.14. The molecular weight excluding hydrogens is 382 g/mol. The smallest absolute Gasteiger partial charge is 0.325 e. The molecule has 0 aromatic heterocycles. The van der Waals surface area contributed by atoms with Crippen molar-refractivity contribution in [2.45, 2.75) is 17.5 Å². The molecule has 2 aromatic carbocycles. The summed E-state index contributed by atoms with van der Waals surface area (Å²) < 4.78 is 38.1. The summed E-state index contributed by atoms with van der Waals surface area (Å²) in [4.78, 5) is 12.8. The predicted octanol–water partition coefficient (Wildman–Crippen LogP) is 6.13. The molecule has 0 radical (unpaired) electrons. The molecule has 0 aliphatic rings. The molecule has 0 fully saturated rings. The third-order valence-electron chi connectivity index (χ3n) is 2.98. The van der Waals surface area contributed by atoms with Crippen molar-refractivity contribution >= 4 is 46.6 Å². The highest BCUT2D eigenvalue weighted by molar-refractivity contribution is 7.99. The number of anilines is 1. The first-order valence-corrected chi connectivity index (χ1v) is 8.55. The molecule has 1 amide bonds. The van der Waals surface area contributed by atoms with Crippen LogP contribution in [-0.4, -0.2) is 11.7 Å². The highest BCUT2D eigenvalue weighted by Gasteiger charge is 2.31. The van der Waals surface area contributed by atoms with Crippen molar-refractivity contribution in [3.8, 4) is 0 Å². The molecule has 128 valence electrons. The van der Waals surface area contributed by atoms with Crippen LogP contribution in [-0.2, 0) is 11.0 Å². The maximum atomic E-state index is 12.7. The highest BCUT2D eigenvalue weighted by atomic mass is 35.5. The van der Waals surface area contributed by atoms with Gasteiger partial charge in [0.1, 0.15) is 0 Å². The van der Waals surface area contributed by atoms with Crippen molar-refractivity contribution in [2.75, 3.05) is 11.1 Å². The lowest BCUT2D eigenvalue weighted by Gasteiger charge is -2.11. The van der Waals surface area contributed by atoms with E-state index in [-0.39, 0.29) is 17.1 Å². The third kappa shape index (κ3) is 5.61. The monoisotopic (exact) mass is 393 g/mol. The van der Waals surface area contributed by atoms with Crippen LogP contribution in [0.4, 0.5) is 18.9 Å². The number of amides is 1. The maximum Gasteiger partial charge on any atom is 0.416 e. The molecule has 2 aromatic rings. The fourth-order valence-corrected chi connectivity index (χ4v) is 2.94. The van der Waals surface area contributed by atoms with Gasteiger partial charge >= 0.3 is 6.18 Å². The van der Waals surface area contributed by atoms with Crippen LogP contribution in [0.25, 0.3) is 0 Å². The number of hydrogen-bond donors (Lipinski definition) is 1. The van der Waals surface area contributed by atoms with Crippen molar-refractivity contribution in [2.24, 2.45) is 0 Å². The molecule has 0 heterocycles. The Morgan fingerprint density at radius 1 is 1.08 bits per heavy atom. The Balaban J connectivity index is 1.91. The number of carbonyl (C=O) groups is 1. The zero-order valence-corrected chi connectivity index (χ0v) is 14.5. The van der Waals surface area contributed by atoms with Crippen molar-refractivity contribution in [1.82, 2.24) is 0 Å². The van der Waals surface area contributed by atoms with Gasteiger partial charge in [0.15, 0.2) is 0 Å². The SMILES string of the molecule is O=C(CCSc1ccc(Cl)cc1)Nc1cc(C(F)(F)F)ccc1Cl. The number of nitrogens with one attached hydrogen (secondary N) is 1. The van der Waals surface area contributed by atoms with Crippen molar-refractivity contribution < 1.29 is 18.0 Å². The summed E-state index contributed by atoms with van der Waals surface area (Å²) in [5.41, 5.74) is -0.911. The second-order valence-electron chi connectivity index (χ2n) is 4.79. The third-order valence-corrected chi connectivity index (χ3v) is 4.57. The minimum absolute atomic E-state index is 0.0482. The fourth-order valence-electron chi connectivity index (χ4n) is 1.80. The second-order valence-corrected chi connectivity index (χ2v) is 6.80. The lowest BCUT2D eigenvalue weighted by Crippen LogP contribution is -2.14. The number of benzene rings is 2. The van der Waals surface area contributed by atoms with Gasteiger partial charge in [-0.1, -0.05) is 23.2 Å². The van der Waals surface area contributed by atoms with Gasteiger partial charge in [-0.25, -0.2) is 0 Å². The number of hydrogen-bond acceptors (Lipinski definition) is 2. The van der Waals surface area contributed by atoms with Gasteiger partial charge < -0.3 is 5.32 Å². The number of thioether (sulfide) groups is 1. The first-order valence-electron chi connectivity index (χ1n) is 6.80. The normalized spacial score (nSPS) is 11.4. The van der Waals surface area contributed by atoms with Gasteiger partial charge in [0.2, 0.25) is 5.91 Å². The van der Waals surface area contributed by atoms with Gasteiger partial charge in [0.25, 0.3) is 0 Å². The summed E-state index contributed by atoms with van der Waals surface area (Å²) in [6.07, 6.45) is -4.35. The van der Waals surface area contributed by atoms with E-state index < -0.39 is 17.6 Å². The largest absolute Gasteiger partial charge is 0.416 e. The van der Waals surface area contributed by atoms with E-state index in [0.717, 1.165) is 23.1 Å². The molecular formula is C16H12Cl2F3NOS. The van der Waals surface area contributed by atoms with Crippen LogP contribution in [0.3, 0.4) is 0 Å². The molecule has 0 bridgehead atoms. The average Bonchev–Trinajstić information content (AvgIpc) is 2.50. The Bertz CT molecular complexity index is 720. The Morgan fingerprint density at radius 3 is 2.38 bits per heavy atom. The Labute approximate surface area is 151 Å². The van der Waals surface area contributed by atoms with Crippen molar-refractivity contribution in [3.05, 3.63) is 58.1 Å². The van der Waals surface area contributed by atoms with E-state index in [9.17, 15) is 18.0 Å². The van der Waals surface area contributed by atoms with Gasteiger partial charge in [-0.2, -0.15) is 13.2 Å². The van der Waals surface area contributed by atoms with E-state index in [0.29, 0.717) is 10.8 Å².